The predicted octanol–water partition coefficient (Wildman–Crippen LogP) is 1.86. The number of amides is 1. The van der Waals surface area contributed by atoms with Gasteiger partial charge >= 0.3 is 0 Å². The van der Waals surface area contributed by atoms with E-state index in [4.69, 9.17) is 4.74 Å². The first-order valence-corrected chi connectivity index (χ1v) is 10.3. The zero-order valence-corrected chi connectivity index (χ0v) is 16.8. The lowest BCUT2D eigenvalue weighted by Crippen LogP contribution is -2.51. The molecule has 1 aromatic heterocycles. The Morgan fingerprint density at radius 1 is 1.22 bits per heavy atom. The number of nitrogens with zero attached hydrogens (tertiary/aromatic N) is 4. The quantitative estimate of drug-likeness (QED) is 0.729. The maximum atomic E-state index is 12.7. The lowest BCUT2D eigenvalue weighted by molar-refractivity contribution is -0.137. The van der Waals surface area contributed by atoms with Gasteiger partial charge in [-0.25, -0.2) is 0 Å². The van der Waals surface area contributed by atoms with E-state index >= 15 is 0 Å². The Kier molecular flexibility index (Phi) is 7.61. The molecule has 0 aromatic carbocycles. The largest absolute Gasteiger partial charge is 0.383 e. The first-order chi connectivity index (χ1) is 13.2. The van der Waals surface area contributed by atoms with Gasteiger partial charge in [-0.1, -0.05) is 0 Å². The van der Waals surface area contributed by atoms with Gasteiger partial charge in [-0.05, 0) is 63.0 Å². The molecule has 6 nitrogen and oxygen atoms in total. The van der Waals surface area contributed by atoms with E-state index in [1.807, 2.05) is 24.3 Å². The summed E-state index contributed by atoms with van der Waals surface area (Å²) < 4.78 is 5.11. The summed E-state index contributed by atoms with van der Waals surface area (Å²) in [7, 11) is 3.58. The van der Waals surface area contributed by atoms with Gasteiger partial charge in [0.05, 0.1) is 12.5 Å². The Morgan fingerprint density at radius 2 is 1.96 bits per heavy atom. The van der Waals surface area contributed by atoms with Crippen LogP contribution in [0.1, 0.15) is 31.2 Å². The molecule has 0 unspecified atom stereocenters. The van der Waals surface area contributed by atoms with Gasteiger partial charge in [0, 0.05) is 52.2 Å². The fourth-order valence-corrected chi connectivity index (χ4v) is 4.38. The van der Waals surface area contributed by atoms with E-state index in [9.17, 15) is 4.79 Å². The average Bonchev–Trinajstić information content (AvgIpc) is 2.73. The molecule has 1 amide bonds. The molecule has 0 bridgehead atoms. The molecule has 6 heteroatoms. The van der Waals surface area contributed by atoms with Gasteiger partial charge in [0.25, 0.3) is 0 Å². The number of piperidine rings is 2. The number of ether oxygens (including phenoxy) is 1. The monoisotopic (exact) mass is 374 g/mol. The van der Waals surface area contributed by atoms with Crippen molar-refractivity contribution in [2.75, 3.05) is 53.5 Å². The molecule has 0 aliphatic carbocycles. The second-order valence-corrected chi connectivity index (χ2v) is 7.95. The van der Waals surface area contributed by atoms with Crippen LogP contribution in [0.4, 0.5) is 0 Å². The summed E-state index contributed by atoms with van der Waals surface area (Å²) >= 11 is 0. The van der Waals surface area contributed by atoms with Gasteiger partial charge in [-0.2, -0.15) is 0 Å². The van der Waals surface area contributed by atoms with Crippen LogP contribution in [0.3, 0.4) is 0 Å². The molecule has 27 heavy (non-hydrogen) atoms. The summed E-state index contributed by atoms with van der Waals surface area (Å²) in [4.78, 5) is 23.8. The number of likely N-dealkylation sites (N-methyl/N-ethyl adjacent to an activating group) is 1. The lowest BCUT2D eigenvalue weighted by Gasteiger charge is -2.42. The third-order valence-electron chi connectivity index (χ3n) is 6.04. The molecule has 0 spiro atoms. The number of carbonyl (C=O) groups excluding carboxylic acids is 1. The van der Waals surface area contributed by atoms with E-state index in [1.54, 1.807) is 7.11 Å². The highest BCUT2D eigenvalue weighted by molar-refractivity contribution is 5.78. The number of pyridine rings is 1. The first kappa shape index (κ1) is 20.2. The van der Waals surface area contributed by atoms with Crippen LogP contribution in [-0.2, 0) is 16.1 Å². The van der Waals surface area contributed by atoms with Crippen molar-refractivity contribution < 1.29 is 9.53 Å². The Hall–Kier alpha value is -1.50. The maximum absolute atomic E-state index is 12.7. The molecular formula is C21H34N4O2. The van der Waals surface area contributed by atoms with E-state index < -0.39 is 0 Å². The molecule has 1 aromatic rings. The highest BCUT2D eigenvalue weighted by Crippen LogP contribution is 2.25. The van der Waals surface area contributed by atoms with Crippen LogP contribution in [0.15, 0.2) is 24.5 Å². The van der Waals surface area contributed by atoms with Crippen LogP contribution in [0.5, 0.6) is 0 Å². The van der Waals surface area contributed by atoms with Crippen LogP contribution >= 0.6 is 0 Å². The van der Waals surface area contributed by atoms with Crippen molar-refractivity contribution >= 4 is 5.91 Å². The van der Waals surface area contributed by atoms with Crippen molar-refractivity contribution in [3.63, 3.8) is 0 Å². The van der Waals surface area contributed by atoms with Gasteiger partial charge in [0.15, 0.2) is 0 Å². The van der Waals surface area contributed by atoms with E-state index in [-0.39, 0.29) is 11.8 Å². The van der Waals surface area contributed by atoms with Crippen LogP contribution in [-0.4, -0.2) is 85.1 Å². The van der Waals surface area contributed by atoms with E-state index in [0.29, 0.717) is 19.2 Å². The molecule has 1 atom stereocenters. The predicted molar refractivity (Wildman–Crippen MR) is 106 cm³/mol. The van der Waals surface area contributed by atoms with Gasteiger partial charge in [0.2, 0.25) is 5.91 Å². The number of hydrogen-bond donors (Lipinski definition) is 0. The van der Waals surface area contributed by atoms with Gasteiger partial charge in [-0.15, -0.1) is 0 Å². The number of likely N-dealkylation sites (tertiary alicyclic amines) is 2. The Morgan fingerprint density at radius 3 is 2.67 bits per heavy atom. The molecule has 0 saturated carbocycles. The van der Waals surface area contributed by atoms with Gasteiger partial charge in [0.1, 0.15) is 0 Å². The first-order valence-electron chi connectivity index (χ1n) is 10.3. The zero-order chi connectivity index (χ0) is 19.1. The van der Waals surface area contributed by atoms with Crippen molar-refractivity contribution in [1.29, 1.82) is 0 Å². The fraction of sp³-hybridized carbons (Fsp3) is 0.714. The summed E-state index contributed by atoms with van der Waals surface area (Å²) in [5, 5.41) is 0. The summed E-state index contributed by atoms with van der Waals surface area (Å²) in [5.41, 5.74) is 1.34. The van der Waals surface area contributed by atoms with Crippen molar-refractivity contribution in [3.05, 3.63) is 30.1 Å². The third-order valence-corrected chi connectivity index (χ3v) is 6.04. The third kappa shape index (κ3) is 5.74. The second kappa shape index (κ2) is 10.2. The molecule has 2 aliphatic heterocycles. The summed E-state index contributed by atoms with van der Waals surface area (Å²) in [6, 6.07) is 4.83. The maximum Gasteiger partial charge on any atom is 0.226 e. The Balaban J connectivity index is 1.46. The second-order valence-electron chi connectivity index (χ2n) is 7.95. The lowest BCUT2D eigenvalue weighted by atomic mass is 9.93. The minimum atomic E-state index is 0.149. The molecule has 0 N–H and O–H groups in total. The van der Waals surface area contributed by atoms with E-state index in [0.717, 1.165) is 45.6 Å². The molecule has 150 valence electrons. The zero-order valence-electron chi connectivity index (χ0n) is 16.8. The number of methoxy groups -OCH3 is 1. The van der Waals surface area contributed by atoms with E-state index in [2.05, 4.69) is 26.9 Å². The topological polar surface area (TPSA) is 48.9 Å². The smallest absolute Gasteiger partial charge is 0.226 e. The normalized spacial score (nSPS) is 22.7. The Labute approximate surface area is 163 Å². The molecule has 2 fully saturated rings. The average molecular weight is 375 g/mol. The molecule has 2 aliphatic rings. The van der Waals surface area contributed by atoms with Crippen molar-refractivity contribution in [3.8, 4) is 0 Å². The van der Waals surface area contributed by atoms with Crippen LogP contribution in [0.2, 0.25) is 0 Å². The molecule has 3 heterocycles. The SMILES string of the molecule is COCCN(C)C(=O)[C@H]1CCCN(C2CCN(Cc3ccncc3)CC2)C1. The number of hydrogen-bond acceptors (Lipinski definition) is 5. The highest BCUT2D eigenvalue weighted by atomic mass is 16.5. The fourth-order valence-electron chi connectivity index (χ4n) is 4.38. The van der Waals surface area contributed by atoms with Crippen molar-refractivity contribution in [1.82, 2.24) is 19.7 Å². The highest BCUT2D eigenvalue weighted by Gasteiger charge is 2.32. The number of carbonyl (C=O) groups is 1. The van der Waals surface area contributed by atoms with Crippen LogP contribution in [0.25, 0.3) is 0 Å². The molecule has 2 saturated heterocycles. The molecule has 3 rings (SSSR count). The molecular weight excluding hydrogens is 340 g/mol. The summed E-state index contributed by atoms with van der Waals surface area (Å²) in [6.45, 7) is 6.63. The minimum absolute atomic E-state index is 0.149. The standard InChI is InChI=1S/C21H34N4O2/c1-23(14-15-27-2)21(26)19-4-3-11-25(17-19)20-7-12-24(13-8-20)16-18-5-9-22-10-6-18/h5-6,9-10,19-20H,3-4,7-8,11-17H2,1-2H3/t19-/m0/s1. The Bertz CT molecular complexity index is 575. The van der Waals surface area contributed by atoms with Crippen LogP contribution in [0, 0.1) is 5.92 Å². The summed E-state index contributed by atoms with van der Waals surface area (Å²) in [6.07, 6.45) is 8.30. The van der Waals surface area contributed by atoms with Crippen LogP contribution < -0.4 is 0 Å². The number of rotatable bonds is 7. The molecule has 0 radical (unpaired) electrons. The van der Waals surface area contributed by atoms with Crippen molar-refractivity contribution in [2.24, 2.45) is 5.92 Å². The number of aromatic nitrogens is 1. The van der Waals surface area contributed by atoms with Crippen molar-refractivity contribution in [2.45, 2.75) is 38.3 Å². The van der Waals surface area contributed by atoms with E-state index in [1.165, 1.54) is 18.4 Å². The minimum Gasteiger partial charge on any atom is -0.383 e. The summed E-state index contributed by atoms with van der Waals surface area (Å²) in [5.74, 6) is 0.433. The van der Waals surface area contributed by atoms with Gasteiger partial charge in [-0.3, -0.25) is 19.6 Å². The van der Waals surface area contributed by atoms with Gasteiger partial charge < -0.3 is 9.64 Å².